The monoisotopic (exact) mass is 400 g/mol. The summed E-state index contributed by atoms with van der Waals surface area (Å²) in [5.41, 5.74) is -0.184. The molecule has 0 saturated carbocycles. The van der Waals surface area contributed by atoms with Crippen molar-refractivity contribution in [3.8, 4) is 0 Å². The van der Waals surface area contributed by atoms with E-state index >= 15 is 0 Å². The van der Waals surface area contributed by atoms with Crippen LogP contribution in [0.5, 0.6) is 0 Å². The van der Waals surface area contributed by atoms with Crippen LogP contribution in [0.2, 0.25) is 10.0 Å². The number of hydrogen-bond acceptors (Lipinski definition) is 5. The van der Waals surface area contributed by atoms with Crippen molar-refractivity contribution in [3.05, 3.63) is 38.9 Å². The number of nitrogens with one attached hydrogen (secondary N) is 2. The number of hydrogen-bond donors (Lipinski definition) is 2. The summed E-state index contributed by atoms with van der Waals surface area (Å²) in [7, 11) is 0. The number of rotatable bonds is 7. The molecule has 10 heteroatoms. The lowest BCUT2D eigenvalue weighted by molar-refractivity contribution is -0.120. The summed E-state index contributed by atoms with van der Waals surface area (Å²) in [6, 6.07) is 2.27. The molecule has 26 heavy (non-hydrogen) atoms. The van der Waals surface area contributed by atoms with Crippen LogP contribution in [-0.2, 0) is 16.1 Å². The number of urea groups is 1. The smallest absolute Gasteiger partial charge is 0.321 e. The topological polar surface area (TPSA) is 102 Å². The van der Waals surface area contributed by atoms with Gasteiger partial charge in [0.1, 0.15) is 6.54 Å². The van der Waals surface area contributed by atoms with Crippen LogP contribution >= 0.6 is 23.2 Å². The fourth-order valence-electron chi connectivity index (χ4n) is 2.19. The number of carbonyl (C=O) groups excluding carboxylic acids is 2. The van der Waals surface area contributed by atoms with Crippen molar-refractivity contribution in [2.24, 2.45) is 0 Å². The van der Waals surface area contributed by atoms with E-state index in [4.69, 9.17) is 27.9 Å². The van der Waals surface area contributed by atoms with Crippen molar-refractivity contribution in [1.82, 2.24) is 20.2 Å². The Bertz CT molecular complexity index is 869. The van der Waals surface area contributed by atoms with E-state index < -0.39 is 17.5 Å². The summed E-state index contributed by atoms with van der Waals surface area (Å²) in [4.78, 5) is 40.1. The number of fused-ring (bicyclic) bond motifs is 1. The largest absolute Gasteiger partial charge is 0.382 e. The van der Waals surface area contributed by atoms with E-state index in [0.717, 1.165) is 4.57 Å². The third kappa shape index (κ3) is 5.42. The molecule has 2 aromatic rings. The highest BCUT2D eigenvalue weighted by molar-refractivity contribution is 6.38. The predicted octanol–water partition coefficient (Wildman–Crippen LogP) is 1.96. The Kier molecular flexibility index (Phi) is 7.38. The lowest BCUT2D eigenvalue weighted by atomic mass is 10.2. The zero-order valence-corrected chi connectivity index (χ0v) is 15.6. The van der Waals surface area contributed by atoms with E-state index in [1.165, 1.54) is 18.5 Å². The molecule has 0 spiro atoms. The van der Waals surface area contributed by atoms with Crippen LogP contribution in [0.25, 0.3) is 10.9 Å². The first kappa shape index (κ1) is 20.2. The maximum atomic E-state index is 12.4. The molecule has 0 aliphatic heterocycles. The van der Waals surface area contributed by atoms with E-state index in [0.29, 0.717) is 31.7 Å². The highest BCUT2D eigenvalue weighted by Gasteiger charge is 2.13. The first-order valence-electron chi connectivity index (χ1n) is 7.92. The van der Waals surface area contributed by atoms with E-state index in [1.807, 2.05) is 6.92 Å². The van der Waals surface area contributed by atoms with Crippen LogP contribution in [0.3, 0.4) is 0 Å². The first-order valence-corrected chi connectivity index (χ1v) is 8.67. The second-order valence-corrected chi connectivity index (χ2v) is 6.16. The number of imide groups is 1. The Morgan fingerprint density at radius 3 is 2.81 bits per heavy atom. The van der Waals surface area contributed by atoms with E-state index in [-0.39, 0.29) is 22.0 Å². The fourth-order valence-corrected chi connectivity index (χ4v) is 2.74. The number of aromatic nitrogens is 2. The van der Waals surface area contributed by atoms with Gasteiger partial charge in [0.25, 0.3) is 5.56 Å². The van der Waals surface area contributed by atoms with Crippen molar-refractivity contribution in [2.45, 2.75) is 19.9 Å². The molecule has 0 aliphatic rings. The van der Waals surface area contributed by atoms with E-state index in [2.05, 4.69) is 15.6 Å². The fraction of sp³-hybridized carbons (Fsp3) is 0.375. The minimum absolute atomic E-state index is 0.193. The molecule has 0 fully saturated rings. The molecule has 2 rings (SSSR count). The lowest BCUT2D eigenvalue weighted by Gasteiger charge is -2.09. The van der Waals surface area contributed by atoms with Crippen molar-refractivity contribution in [2.75, 3.05) is 19.8 Å². The second kappa shape index (κ2) is 9.51. The van der Waals surface area contributed by atoms with Gasteiger partial charge in [-0.05, 0) is 25.5 Å². The summed E-state index contributed by atoms with van der Waals surface area (Å²) in [6.45, 7) is 3.01. The summed E-state index contributed by atoms with van der Waals surface area (Å²) in [5.74, 6) is -0.649. The third-order valence-electron chi connectivity index (χ3n) is 3.37. The highest BCUT2D eigenvalue weighted by Crippen LogP contribution is 2.23. The number of nitrogens with zero attached hydrogens (tertiary/aromatic N) is 2. The number of carbonyl (C=O) groups is 2. The van der Waals surface area contributed by atoms with Gasteiger partial charge in [-0.1, -0.05) is 23.2 Å². The maximum Gasteiger partial charge on any atom is 0.321 e. The minimum Gasteiger partial charge on any atom is -0.382 e. The first-order chi connectivity index (χ1) is 12.4. The number of amides is 3. The van der Waals surface area contributed by atoms with Gasteiger partial charge in [0.05, 0.1) is 22.3 Å². The van der Waals surface area contributed by atoms with Gasteiger partial charge in [-0.25, -0.2) is 9.78 Å². The molecule has 1 aromatic heterocycles. The molecule has 140 valence electrons. The Labute approximate surface area is 159 Å². The normalized spacial score (nSPS) is 10.7. The molecule has 1 heterocycles. The molecule has 0 radical (unpaired) electrons. The van der Waals surface area contributed by atoms with Crippen LogP contribution in [-0.4, -0.2) is 41.2 Å². The standard InChI is InChI=1S/C16H18Cl2N4O4/c1-2-26-5-3-4-19-16(25)21-13(23)8-22-9-20-14-11(15(22)24)6-10(17)7-12(14)18/h6-7,9H,2-5,8H2,1H3,(H2,19,21,23,25). The average molecular weight is 401 g/mol. The molecule has 8 nitrogen and oxygen atoms in total. The number of ether oxygens (including phenoxy) is 1. The summed E-state index contributed by atoms with van der Waals surface area (Å²) >= 11 is 11.9. The average Bonchev–Trinajstić information content (AvgIpc) is 2.57. The van der Waals surface area contributed by atoms with Crippen LogP contribution in [0.4, 0.5) is 4.79 Å². The molecule has 2 N–H and O–H groups in total. The molecule has 0 unspecified atom stereocenters. The van der Waals surface area contributed by atoms with Gasteiger partial charge in [-0.2, -0.15) is 0 Å². The summed E-state index contributed by atoms with van der Waals surface area (Å²) in [5, 5.41) is 5.40. The SMILES string of the molecule is CCOCCCNC(=O)NC(=O)Cn1cnc2c(Cl)cc(Cl)cc2c1=O. The third-order valence-corrected chi connectivity index (χ3v) is 3.87. The molecule has 0 bridgehead atoms. The Morgan fingerprint density at radius 2 is 2.08 bits per heavy atom. The Hall–Kier alpha value is -2.16. The lowest BCUT2D eigenvalue weighted by Crippen LogP contribution is -2.42. The maximum absolute atomic E-state index is 12.4. The predicted molar refractivity (Wildman–Crippen MR) is 98.7 cm³/mol. The molecule has 0 atom stereocenters. The van der Waals surface area contributed by atoms with Crippen LogP contribution in [0.15, 0.2) is 23.3 Å². The second-order valence-electron chi connectivity index (χ2n) is 5.32. The van der Waals surface area contributed by atoms with Crippen LogP contribution < -0.4 is 16.2 Å². The quantitative estimate of drug-likeness (QED) is 0.691. The molecular weight excluding hydrogens is 383 g/mol. The van der Waals surface area contributed by atoms with Crippen molar-refractivity contribution >= 4 is 46.0 Å². The van der Waals surface area contributed by atoms with Crippen molar-refractivity contribution in [3.63, 3.8) is 0 Å². The molecular formula is C16H18Cl2N4O4. The summed E-state index contributed by atoms with van der Waals surface area (Å²) < 4.78 is 6.21. The molecule has 0 aliphatic carbocycles. The van der Waals surface area contributed by atoms with E-state index in [1.54, 1.807) is 0 Å². The van der Waals surface area contributed by atoms with Gasteiger partial charge in [-0.15, -0.1) is 0 Å². The Balaban J connectivity index is 1.98. The van der Waals surface area contributed by atoms with Gasteiger partial charge in [0.2, 0.25) is 5.91 Å². The van der Waals surface area contributed by atoms with Crippen LogP contribution in [0.1, 0.15) is 13.3 Å². The van der Waals surface area contributed by atoms with E-state index in [9.17, 15) is 14.4 Å². The van der Waals surface area contributed by atoms with Crippen molar-refractivity contribution in [1.29, 1.82) is 0 Å². The molecule has 1 aromatic carbocycles. The molecule has 0 saturated heterocycles. The van der Waals surface area contributed by atoms with Gasteiger partial charge >= 0.3 is 6.03 Å². The zero-order valence-electron chi connectivity index (χ0n) is 14.1. The zero-order chi connectivity index (χ0) is 19.1. The van der Waals surface area contributed by atoms with Gasteiger partial charge in [0, 0.05) is 24.8 Å². The summed E-state index contributed by atoms with van der Waals surface area (Å²) in [6.07, 6.45) is 1.83. The highest BCUT2D eigenvalue weighted by atomic mass is 35.5. The Morgan fingerprint density at radius 1 is 1.31 bits per heavy atom. The number of halogens is 2. The number of benzene rings is 1. The molecule has 3 amide bonds. The van der Waals surface area contributed by atoms with Gasteiger partial charge in [-0.3, -0.25) is 19.5 Å². The minimum atomic E-state index is -0.649. The van der Waals surface area contributed by atoms with Gasteiger partial charge < -0.3 is 10.1 Å². The van der Waals surface area contributed by atoms with Gasteiger partial charge in [0.15, 0.2) is 0 Å². The van der Waals surface area contributed by atoms with Crippen LogP contribution in [0, 0.1) is 0 Å². The van der Waals surface area contributed by atoms with Crippen molar-refractivity contribution < 1.29 is 14.3 Å².